The van der Waals surface area contributed by atoms with E-state index in [4.69, 9.17) is 10.7 Å². The minimum atomic E-state index is -0.180. The summed E-state index contributed by atoms with van der Waals surface area (Å²) in [6.07, 6.45) is 0.911. The number of thiophene rings is 1. The molecule has 0 radical (unpaired) electrons. The van der Waals surface area contributed by atoms with E-state index in [2.05, 4.69) is 16.7 Å². The van der Waals surface area contributed by atoms with Gasteiger partial charge in [0.1, 0.15) is 9.71 Å². The number of benzene rings is 1. The first-order valence-electron chi connectivity index (χ1n) is 7.92. The van der Waals surface area contributed by atoms with Gasteiger partial charge in [-0.25, -0.2) is 4.98 Å². The summed E-state index contributed by atoms with van der Waals surface area (Å²) < 4.78 is 0. The number of amides is 1. The van der Waals surface area contributed by atoms with Gasteiger partial charge >= 0.3 is 0 Å². The maximum Gasteiger partial charge on any atom is 0.267 e. The fraction of sp³-hybridized carbons (Fsp3) is 0.222. The van der Waals surface area contributed by atoms with Crippen molar-refractivity contribution in [3.8, 4) is 0 Å². The van der Waals surface area contributed by atoms with Crippen LogP contribution in [0.15, 0.2) is 30.3 Å². The second-order valence-electron chi connectivity index (χ2n) is 5.99. The normalized spacial score (nSPS) is 13.7. The van der Waals surface area contributed by atoms with E-state index in [-0.39, 0.29) is 5.91 Å². The molecule has 5 nitrogen and oxygen atoms in total. The number of carbonyl (C=O) groups excluding carboxylic acids is 1. The van der Waals surface area contributed by atoms with Crippen LogP contribution in [0.5, 0.6) is 0 Å². The molecule has 0 aliphatic carbocycles. The Balaban J connectivity index is 1.72. The zero-order valence-electron chi connectivity index (χ0n) is 13.3. The summed E-state index contributed by atoms with van der Waals surface area (Å²) in [5.41, 5.74) is 10.9. The van der Waals surface area contributed by atoms with Crippen molar-refractivity contribution in [3.05, 3.63) is 52.0 Å². The molecule has 1 amide bonds. The number of nitrogens with zero attached hydrogens (tertiary/aromatic N) is 1. The molecule has 0 saturated heterocycles. The van der Waals surface area contributed by atoms with E-state index in [0.717, 1.165) is 46.7 Å². The molecule has 0 atom stereocenters. The molecule has 24 heavy (non-hydrogen) atoms. The quantitative estimate of drug-likeness (QED) is 0.671. The van der Waals surface area contributed by atoms with Crippen LogP contribution >= 0.6 is 11.3 Å². The third-order valence-electron chi connectivity index (χ3n) is 4.34. The summed E-state index contributed by atoms with van der Waals surface area (Å²) in [6, 6.07) is 9.77. The van der Waals surface area contributed by atoms with E-state index in [1.54, 1.807) is 0 Å². The molecule has 4 rings (SSSR count). The fourth-order valence-electron chi connectivity index (χ4n) is 2.98. The molecule has 1 aromatic carbocycles. The average Bonchev–Trinajstić information content (AvgIpc) is 2.91. The van der Waals surface area contributed by atoms with E-state index in [9.17, 15) is 4.79 Å². The van der Waals surface area contributed by atoms with Crippen LogP contribution < -0.4 is 16.4 Å². The molecule has 0 fully saturated rings. The third-order valence-corrected chi connectivity index (χ3v) is 5.46. The van der Waals surface area contributed by atoms with Crippen LogP contribution in [-0.4, -0.2) is 17.4 Å². The van der Waals surface area contributed by atoms with Gasteiger partial charge in [0.25, 0.3) is 5.91 Å². The van der Waals surface area contributed by atoms with E-state index in [0.29, 0.717) is 10.6 Å². The minimum Gasteiger partial charge on any atom is -0.397 e. The second-order valence-corrected chi connectivity index (χ2v) is 6.99. The van der Waals surface area contributed by atoms with Crippen LogP contribution in [0.4, 0.5) is 11.4 Å². The van der Waals surface area contributed by atoms with Crippen molar-refractivity contribution in [2.45, 2.75) is 19.9 Å². The van der Waals surface area contributed by atoms with Crippen molar-refractivity contribution in [3.63, 3.8) is 0 Å². The highest BCUT2D eigenvalue weighted by Crippen LogP contribution is 2.35. The highest BCUT2D eigenvalue weighted by atomic mass is 32.1. The highest BCUT2D eigenvalue weighted by molar-refractivity contribution is 7.21. The number of aromatic nitrogens is 1. The molecule has 122 valence electrons. The molecule has 0 saturated carbocycles. The van der Waals surface area contributed by atoms with Gasteiger partial charge in [0.15, 0.2) is 0 Å². The Bertz CT molecular complexity index is 948. The Morgan fingerprint density at radius 1 is 1.38 bits per heavy atom. The van der Waals surface area contributed by atoms with Crippen LogP contribution in [0.25, 0.3) is 10.2 Å². The van der Waals surface area contributed by atoms with Crippen LogP contribution in [0.2, 0.25) is 0 Å². The Morgan fingerprint density at radius 3 is 3.04 bits per heavy atom. The zero-order valence-corrected chi connectivity index (χ0v) is 14.2. The lowest BCUT2D eigenvalue weighted by atomic mass is 10.1. The van der Waals surface area contributed by atoms with Crippen LogP contribution in [0, 0.1) is 6.92 Å². The number of rotatable bonds is 2. The number of pyridine rings is 1. The Hall–Kier alpha value is -2.44. The molecule has 6 heteroatoms. The predicted molar refractivity (Wildman–Crippen MR) is 98.6 cm³/mol. The molecule has 0 bridgehead atoms. The van der Waals surface area contributed by atoms with Crippen LogP contribution in [0.3, 0.4) is 0 Å². The molecular weight excluding hydrogens is 320 g/mol. The van der Waals surface area contributed by atoms with E-state index >= 15 is 0 Å². The number of nitrogen functional groups attached to an aromatic ring is 1. The molecule has 3 heterocycles. The van der Waals surface area contributed by atoms with Crippen molar-refractivity contribution >= 4 is 38.8 Å². The number of nitrogens with one attached hydrogen (secondary N) is 2. The molecule has 1 aliphatic rings. The van der Waals surface area contributed by atoms with Gasteiger partial charge in [0.2, 0.25) is 0 Å². The van der Waals surface area contributed by atoms with Crippen molar-refractivity contribution < 1.29 is 4.79 Å². The lowest BCUT2D eigenvalue weighted by Gasteiger charge is -2.15. The number of nitrogens with two attached hydrogens (primary N) is 1. The van der Waals surface area contributed by atoms with Gasteiger partial charge in [-0.05, 0) is 30.2 Å². The monoisotopic (exact) mass is 338 g/mol. The predicted octanol–water partition coefficient (Wildman–Crippen LogP) is 3.08. The first-order valence-corrected chi connectivity index (χ1v) is 8.73. The first kappa shape index (κ1) is 15.1. The van der Waals surface area contributed by atoms with E-state index in [1.165, 1.54) is 16.9 Å². The number of carbonyl (C=O) groups is 1. The first-order chi connectivity index (χ1) is 11.6. The van der Waals surface area contributed by atoms with Crippen LogP contribution in [0.1, 0.15) is 26.5 Å². The summed E-state index contributed by atoms with van der Waals surface area (Å²) in [5.74, 6) is -0.180. The Kier molecular flexibility index (Phi) is 3.70. The minimum absolute atomic E-state index is 0.180. The highest BCUT2D eigenvalue weighted by Gasteiger charge is 2.20. The Labute approximate surface area is 143 Å². The molecule has 1 aliphatic heterocycles. The summed E-state index contributed by atoms with van der Waals surface area (Å²) in [5, 5.41) is 7.16. The van der Waals surface area contributed by atoms with Crippen molar-refractivity contribution in [1.29, 1.82) is 0 Å². The molecular formula is C18H18N4OS. The van der Waals surface area contributed by atoms with Gasteiger partial charge in [-0.15, -0.1) is 11.3 Å². The van der Waals surface area contributed by atoms with E-state index < -0.39 is 0 Å². The SMILES string of the molecule is Cc1ccccc1NC(=O)c1sc2nc3c(cc2c1N)CNCC3. The number of fused-ring (bicyclic) bond motifs is 2. The smallest absolute Gasteiger partial charge is 0.267 e. The van der Waals surface area contributed by atoms with E-state index in [1.807, 2.05) is 31.2 Å². The summed E-state index contributed by atoms with van der Waals surface area (Å²) in [7, 11) is 0. The standard InChI is InChI=1S/C18H18N4OS/c1-10-4-2-3-5-13(10)21-17(23)16-15(19)12-8-11-9-20-7-6-14(11)22-18(12)24-16/h2-5,8,20H,6-7,9,19H2,1H3,(H,21,23). The van der Waals surface area contributed by atoms with Gasteiger partial charge in [-0.2, -0.15) is 0 Å². The number of para-hydroxylation sites is 1. The van der Waals surface area contributed by atoms with Crippen LogP contribution in [-0.2, 0) is 13.0 Å². The number of hydrogen-bond acceptors (Lipinski definition) is 5. The number of hydrogen-bond donors (Lipinski definition) is 3. The Morgan fingerprint density at radius 2 is 2.21 bits per heavy atom. The van der Waals surface area contributed by atoms with Gasteiger partial charge < -0.3 is 16.4 Å². The van der Waals surface area contributed by atoms with Crippen molar-refractivity contribution in [2.24, 2.45) is 0 Å². The maximum atomic E-state index is 12.7. The summed E-state index contributed by atoms with van der Waals surface area (Å²) >= 11 is 1.36. The molecule has 0 unspecified atom stereocenters. The molecule has 2 aromatic heterocycles. The summed E-state index contributed by atoms with van der Waals surface area (Å²) in [4.78, 5) is 18.7. The third kappa shape index (κ3) is 2.53. The molecule has 3 aromatic rings. The number of aryl methyl sites for hydroxylation is 1. The fourth-order valence-corrected chi connectivity index (χ4v) is 3.97. The van der Waals surface area contributed by atoms with Gasteiger partial charge in [0.05, 0.1) is 5.69 Å². The van der Waals surface area contributed by atoms with Crippen molar-refractivity contribution in [2.75, 3.05) is 17.6 Å². The van der Waals surface area contributed by atoms with Gasteiger partial charge in [-0.1, -0.05) is 18.2 Å². The second kappa shape index (κ2) is 5.89. The maximum absolute atomic E-state index is 12.7. The number of anilines is 2. The lowest BCUT2D eigenvalue weighted by Crippen LogP contribution is -2.24. The topological polar surface area (TPSA) is 80.0 Å². The lowest BCUT2D eigenvalue weighted by molar-refractivity contribution is 0.103. The average molecular weight is 338 g/mol. The zero-order chi connectivity index (χ0) is 16.7. The molecule has 0 spiro atoms. The van der Waals surface area contributed by atoms with Gasteiger partial charge in [-0.3, -0.25) is 4.79 Å². The largest absolute Gasteiger partial charge is 0.397 e. The van der Waals surface area contributed by atoms with Gasteiger partial charge in [0, 0.05) is 36.3 Å². The molecule has 4 N–H and O–H groups in total. The van der Waals surface area contributed by atoms with Crippen molar-refractivity contribution in [1.82, 2.24) is 10.3 Å². The summed E-state index contributed by atoms with van der Waals surface area (Å²) in [6.45, 7) is 3.71.